The quantitative estimate of drug-likeness (QED) is 0.754. The van der Waals surface area contributed by atoms with E-state index in [0.717, 1.165) is 19.6 Å². The molecule has 0 fully saturated rings. The normalized spacial score (nSPS) is 11.6. The van der Waals surface area contributed by atoms with Crippen LogP contribution in [0.4, 0.5) is 0 Å². The summed E-state index contributed by atoms with van der Waals surface area (Å²) < 4.78 is 4.42. The largest absolute Gasteiger partial charge is 0.346 e. The molecule has 0 spiro atoms. The highest BCUT2D eigenvalue weighted by molar-refractivity contribution is 5.80. The lowest BCUT2D eigenvalue weighted by Gasteiger charge is -2.10. The van der Waals surface area contributed by atoms with Gasteiger partial charge in [0.25, 0.3) is 0 Å². The molecule has 0 radical (unpaired) electrons. The first-order valence-corrected chi connectivity index (χ1v) is 7.49. The fourth-order valence-corrected chi connectivity index (χ4v) is 2.50. The third-order valence-electron chi connectivity index (χ3n) is 3.71. The Morgan fingerprint density at radius 2 is 2.05 bits per heavy atom. The first kappa shape index (κ1) is 13.9. The molecule has 1 N–H and O–H groups in total. The molecule has 0 aliphatic heterocycles. The number of fused-ring (bicyclic) bond motifs is 1. The standard InChI is InChI=1S/C17H22N4/c1-14(2)19-12-15-3-4-16-5-7-21(17(16)11-15)10-9-20-8-6-18-13-20/h3-8,11,13-14,19H,9-10,12H2,1-2H3. The summed E-state index contributed by atoms with van der Waals surface area (Å²) in [6.45, 7) is 7.16. The van der Waals surface area contributed by atoms with Crippen LogP contribution >= 0.6 is 0 Å². The van der Waals surface area contributed by atoms with Crippen molar-refractivity contribution in [3.05, 3.63) is 54.7 Å². The van der Waals surface area contributed by atoms with Gasteiger partial charge in [-0.25, -0.2) is 4.98 Å². The van der Waals surface area contributed by atoms with Crippen molar-refractivity contribution in [3.8, 4) is 0 Å². The van der Waals surface area contributed by atoms with Gasteiger partial charge in [-0.3, -0.25) is 0 Å². The van der Waals surface area contributed by atoms with Crippen molar-refractivity contribution in [2.24, 2.45) is 0 Å². The minimum absolute atomic E-state index is 0.508. The second kappa shape index (κ2) is 6.14. The van der Waals surface area contributed by atoms with Gasteiger partial charge < -0.3 is 14.5 Å². The molecule has 0 aliphatic rings. The molecule has 1 aromatic carbocycles. The van der Waals surface area contributed by atoms with Gasteiger partial charge in [0.15, 0.2) is 0 Å². The van der Waals surface area contributed by atoms with Crippen molar-refractivity contribution < 1.29 is 0 Å². The third-order valence-corrected chi connectivity index (χ3v) is 3.71. The first-order chi connectivity index (χ1) is 10.2. The molecule has 0 saturated heterocycles. The minimum Gasteiger partial charge on any atom is -0.346 e. The van der Waals surface area contributed by atoms with Gasteiger partial charge >= 0.3 is 0 Å². The summed E-state index contributed by atoms with van der Waals surface area (Å²) in [5.41, 5.74) is 2.64. The van der Waals surface area contributed by atoms with E-state index in [0.29, 0.717) is 6.04 Å². The summed E-state index contributed by atoms with van der Waals surface area (Å²) in [4.78, 5) is 4.08. The number of benzene rings is 1. The minimum atomic E-state index is 0.508. The van der Waals surface area contributed by atoms with Crippen LogP contribution in [0.3, 0.4) is 0 Å². The van der Waals surface area contributed by atoms with E-state index in [1.165, 1.54) is 16.5 Å². The van der Waals surface area contributed by atoms with Crippen molar-refractivity contribution >= 4 is 10.9 Å². The summed E-state index contributed by atoms with van der Waals surface area (Å²) >= 11 is 0. The van der Waals surface area contributed by atoms with Crippen LogP contribution in [0, 0.1) is 0 Å². The van der Waals surface area contributed by atoms with Crippen molar-refractivity contribution in [1.29, 1.82) is 0 Å². The van der Waals surface area contributed by atoms with Crippen LogP contribution in [0.5, 0.6) is 0 Å². The zero-order chi connectivity index (χ0) is 14.7. The number of rotatable bonds is 6. The van der Waals surface area contributed by atoms with Gasteiger partial charge in [-0.15, -0.1) is 0 Å². The number of hydrogen-bond donors (Lipinski definition) is 1. The topological polar surface area (TPSA) is 34.8 Å². The van der Waals surface area contributed by atoms with Gasteiger partial charge in [0.2, 0.25) is 0 Å². The predicted octanol–water partition coefficient (Wildman–Crippen LogP) is 3.04. The van der Waals surface area contributed by atoms with Crippen molar-refractivity contribution in [2.75, 3.05) is 0 Å². The SMILES string of the molecule is CC(C)NCc1ccc2ccn(CCn3ccnc3)c2c1. The lowest BCUT2D eigenvalue weighted by Crippen LogP contribution is -2.21. The Labute approximate surface area is 125 Å². The summed E-state index contributed by atoms with van der Waals surface area (Å²) in [5, 5.41) is 4.77. The summed E-state index contributed by atoms with van der Waals surface area (Å²) in [6.07, 6.45) is 7.86. The number of hydrogen-bond acceptors (Lipinski definition) is 2. The maximum atomic E-state index is 4.08. The monoisotopic (exact) mass is 282 g/mol. The molecule has 3 rings (SSSR count). The fraction of sp³-hybridized carbons (Fsp3) is 0.353. The van der Waals surface area contributed by atoms with Gasteiger partial charge in [0.05, 0.1) is 6.33 Å². The molecule has 2 heterocycles. The van der Waals surface area contributed by atoms with E-state index in [1.807, 2.05) is 18.7 Å². The molecule has 0 aliphatic carbocycles. The van der Waals surface area contributed by atoms with E-state index in [-0.39, 0.29) is 0 Å². The van der Waals surface area contributed by atoms with E-state index in [4.69, 9.17) is 0 Å². The van der Waals surface area contributed by atoms with Crippen LogP contribution in [0.2, 0.25) is 0 Å². The van der Waals surface area contributed by atoms with E-state index >= 15 is 0 Å². The summed E-state index contributed by atoms with van der Waals surface area (Å²) in [5.74, 6) is 0. The molecule has 4 nitrogen and oxygen atoms in total. The van der Waals surface area contributed by atoms with Crippen LogP contribution in [-0.2, 0) is 19.6 Å². The van der Waals surface area contributed by atoms with E-state index in [9.17, 15) is 0 Å². The summed E-state index contributed by atoms with van der Waals surface area (Å²) in [6, 6.07) is 9.40. The molecular weight excluding hydrogens is 260 g/mol. The Hall–Kier alpha value is -2.07. The molecule has 0 saturated carbocycles. The first-order valence-electron chi connectivity index (χ1n) is 7.49. The van der Waals surface area contributed by atoms with E-state index in [2.05, 4.69) is 63.7 Å². The third kappa shape index (κ3) is 3.34. The van der Waals surface area contributed by atoms with Crippen molar-refractivity contribution in [3.63, 3.8) is 0 Å². The Kier molecular flexibility index (Phi) is 4.06. The average Bonchev–Trinajstić information content (AvgIpc) is 3.12. The molecular formula is C17H22N4. The second-order valence-electron chi connectivity index (χ2n) is 5.74. The van der Waals surface area contributed by atoms with Gasteiger partial charge in [-0.2, -0.15) is 0 Å². The molecule has 0 atom stereocenters. The predicted molar refractivity (Wildman–Crippen MR) is 86.1 cm³/mol. The number of aryl methyl sites for hydroxylation is 2. The molecule has 3 aromatic rings. The fourth-order valence-electron chi connectivity index (χ4n) is 2.50. The van der Waals surface area contributed by atoms with Gasteiger partial charge in [-0.1, -0.05) is 26.0 Å². The van der Waals surface area contributed by atoms with Crippen LogP contribution < -0.4 is 5.32 Å². The van der Waals surface area contributed by atoms with Gasteiger partial charge in [0, 0.05) is 49.8 Å². The highest BCUT2D eigenvalue weighted by atomic mass is 15.1. The molecule has 4 heteroatoms. The highest BCUT2D eigenvalue weighted by Gasteiger charge is 2.03. The van der Waals surface area contributed by atoms with Crippen LogP contribution in [0.15, 0.2) is 49.2 Å². The van der Waals surface area contributed by atoms with E-state index in [1.54, 1.807) is 0 Å². The average molecular weight is 282 g/mol. The van der Waals surface area contributed by atoms with Gasteiger partial charge in [0.1, 0.15) is 0 Å². The number of nitrogens with one attached hydrogen (secondary N) is 1. The molecule has 2 aromatic heterocycles. The highest BCUT2D eigenvalue weighted by Crippen LogP contribution is 2.18. The van der Waals surface area contributed by atoms with Crippen molar-refractivity contribution in [2.45, 2.75) is 39.5 Å². The number of imidazole rings is 1. The maximum absolute atomic E-state index is 4.08. The second-order valence-corrected chi connectivity index (χ2v) is 5.74. The van der Waals surface area contributed by atoms with Gasteiger partial charge in [-0.05, 0) is 23.1 Å². The Morgan fingerprint density at radius 1 is 1.14 bits per heavy atom. The zero-order valence-corrected chi connectivity index (χ0v) is 12.7. The maximum Gasteiger partial charge on any atom is 0.0946 e. The van der Waals surface area contributed by atoms with E-state index < -0.39 is 0 Å². The smallest absolute Gasteiger partial charge is 0.0946 e. The molecule has 0 unspecified atom stereocenters. The lowest BCUT2D eigenvalue weighted by atomic mass is 10.1. The molecule has 0 bridgehead atoms. The van der Waals surface area contributed by atoms with Crippen molar-refractivity contribution in [1.82, 2.24) is 19.4 Å². The zero-order valence-electron chi connectivity index (χ0n) is 12.7. The Bertz CT molecular complexity index is 695. The molecule has 21 heavy (non-hydrogen) atoms. The molecule has 0 amide bonds. The Balaban J connectivity index is 1.77. The molecule has 110 valence electrons. The summed E-state index contributed by atoms with van der Waals surface area (Å²) in [7, 11) is 0. The number of nitrogens with zero attached hydrogens (tertiary/aromatic N) is 3. The Morgan fingerprint density at radius 3 is 2.81 bits per heavy atom. The van der Waals surface area contributed by atoms with Crippen LogP contribution in [-0.4, -0.2) is 20.2 Å². The van der Waals surface area contributed by atoms with Crippen LogP contribution in [0.1, 0.15) is 19.4 Å². The lowest BCUT2D eigenvalue weighted by molar-refractivity contribution is 0.586. The number of aromatic nitrogens is 3. The van der Waals surface area contributed by atoms with Crippen LogP contribution in [0.25, 0.3) is 10.9 Å².